The van der Waals surface area contributed by atoms with Crippen molar-refractivity contribution >= 4 is 15.9 Å². The minimum absolute atomic E-state index is 0.683. The van der Waals surface area contributed by atoms with Crippen LogP contribution in [0.25, 0.3) is 0 Å². The van der Waals surface area contributed by atoms with Gasteiger partial charge in [0.2, 0.25) is 0 Å². The molecule has 2 heteroatoms. The minimum atomic E-state index is 0.683. The highest BCUT2D eigenvalue weighted by Gasteiger charge is 2.30. The zero-order valence-corrected chi connectivity index (χ0v) is 8.01. The Morgan fingerprint density at radius 2 is 1.91 bits per heavy atom. The van der Waals surface area contributed by atoms with Gasteiger partial charge in [0, 0.05) is 17.1 Å². The molecule has 1 aromatic rings. The fourth-order valence-electron chi connectivity index (χ4n) is 1.27. The van der Waals surface area contributed by atoms with Gasteiger partial charge in [-0.1, -0.05) is 28.1 Å². The molecule has 2 rings (SSSR count). The Hall–Kier alpha value is -0.340. The second-order valence-corrected chi connectivity index (χ2v) is 3.92. The van der Waals surface area contributed by atoms with Gasteiger partial charge in [0.1, 0.15) is 0 Å². The second kappa shape index (κ2) is 2.61. The minimum Gasteiger partial charge on any atom is -0.296 e. The smallest absolute Gasteiger partial charge is 0.0473 e. The van der Waals surface area contributed by atoms with Crippen molar-refractivity contribution in [3.63, 3.8) is 0 Å². The highest BCUT2D eigenvalue weighted by Crippen LogP contribution is 2.32. The summed E-state index contributed by atoms with van der Waals surface area (Å²) in [5, 5.41) is 0. The topological polar surface area (TPSA) is 3.01 Å². The number of benzene rings is 1. The van der Waals surface area contributed by atoms with Crippen LogP contribution in [0.2, 0.25) is 0 Å². The first-order valence-electron chi connectivity index (χ1n) is 3.73. The van der Waals surface area contributed by atoms with Gasteiger partial charge in [-0.05, 0) is 24.7 Å². The fraction of sp³-hybridized carbons (Fsp3) is 0.333. The van der Waals surface area contributed by atoms with Crippen LogP contribution in [0.5, 0.6) is 0 Å². The average molecular weight is 212 g/mol. The molecule has 2 atom stereocenters. The van der Waals surface area contributed by atoms with Gasteiger partial charge in [-0.25, -0.2) is 0 Å². The Labute approximate surface area is 75.1 Å². The van der Waals surface area contributed by atoms with E-state index in [1.807, 2.05) is 0 Å². The summed E-state index contributed by atoms with van der Waals surface area (Å²) in [6.45, 7) is 1.21. The van der Waals surface area contributed by atoms with Gasteiger partial charge in [-0.2, -0.15) is 0 Å². The molecule has 11 heavy (non-hydrogen) atoms. The van der Waals surface area contributed by atoms with Crippen molar-refractivity contribution in [1.29, 1.82) is 0 Å². The number of hydrogen-bond acceptors (Lipinski definition) is 1. The lowest BCUT2D eigenvalue weighted by atomic mass is 10.2. The van der Waals surface area contributed by atoms with Crippen LogP contribution in [0, 0.1) is 0 Å². The highest BCUT2D eigenvalue weighted by molar-refractivity contribution is 9.10. The summed E-state index contributed by atoms with van der Waals surface area (Å²) in [5.41, 5.74) is 1.43. The molecule has 58 valence electrons. The summed E-state index contributed by atoms with van der Waals surface area (Å²) < 4.78 is 1.16. The Morgan fingerprint density at radius 1 is 1.36 bits per heavy atom. The van der Waals surface area contributed by atoms with Gasteiger partial charge >= 0.3 is 0 Å². The van der Waals surface area contributed by atoms with Gasteiger partial charge in [-0.3, -0.25) is 4.90 Å². The number of rotatable bonds is 1. The summed E-state index contributed by atoms with van der Waals surface area (Å²) >= 11 is 3.42. The predicted molar refractivity (Wildman–Crippen MR) is 49.5 cm³/mol. The molecule has 0 aliphatic carbocycles. The van der Waals surface area contributed by atoms with Crippen LogP contribution in [-0.2, 0) is 0 Å². The SMILES string of the molecule is CN1CC1c1ccc(Br)cc1. The molecule has 1 nitrogen and oxygen atoms in total. The van der Waals surface area contributed by atoms with Gasteiger partial charge in [-0.15, -0.1) is 0 Å². The molecule has 1 saturated heterocycles. The largest absolute Gasteiger partial charge is 0.296 e. The van der Waals surface area contributed by atoms with Crippen LogP contribution >= 0.6 is 15.9 Å². The lowest BCUT2D eigenvalue weighted by molar-refractivity contribution is 0.631. The maximum absolute atomic E-state index is 3.42. The first-order valence-corrected chi connectivity index (χ1v) is 4.52. The van der Waals surface area contributed by atoms with Gasteiger partial charge in [0.25, 0.3) is 0 Å². The third-order valence-corrected chi connectivity index (χ3v) is 2.64. The maximum atomic E-state index is 3.42. The van der Waals surface area contributed by atoms with Gasteiger partial charge < -0.3 is 0 Å². The van der Waals surface area contributed by atoms with Crippen LogP contribution in [0.15, 0.2) is 28.7 Å². The van der Waals surface area contributed by atoms with E-state index >= 15 is 0 Å². The summed E-state index contributed by atoms with van der Waals surface area (Å²) in [6.07, 6.45) is 0. The van der Waals surface area contributed by atoms with E-state index in [0.29, 0.717) is 6.04 Å². The Bertz CT molecular complexity index is 255. The molecule has 0 saturated carbocycles. The van der Waals surface area contributed by atoms with Crippen LogP contribution in [0.3, 0.4) is 0 Å². The lowest BCUT2D eigenvalue weighted by Crippen LogP contribution is -1.86. The van der Waals surface area contributed by atoms with E-state index in [0.717, 1.165) is 4.47 Å². The first kappa shape index (κ1) is 7.32. The molecule has 1 aromatic carbocycles. The molecule has 1 aliphatic heterocycles. The fourth-order valence-corrected chi connectivity index (χ4v) is 1.53. The Morgan fingerprint density at radius 3 is 2.36 bits per heavy atom. The molecule has 0 bridgehead atoms. The predicted octanol–water partition coefficient (Wildman–Crippen LogP) is 2.44. The van der Waals surface area contributed by atoms with Crippen molar-refractivity contribution in [2.45, 2.75) is 6.04 Å². The molecule has 1 aliphatic rings. The molecule has 0 radical (unpaired) electrons. The Kier molecular flexibility index (Phi) is 1.74. The van der Waals surface area contributed by atoms with Gasteiger partial charge in [0.05, 0.1) is 0 Å². The Balaban J connectivity index is 2.21. The molecule has 1 fully saturated rings. The van der Waals surface area contributed by atoms with Gasteiger partial charge in [0.15, 0.2) is 0 Å². The number of halogens is 1. The van der Waals surface area contributed by atoms with E-state index in [9.17, 15) is 0 Å². The van der Waals surface area contributed by atoms with Crippen molar-refractivity contribution < 1.29 is 0 Å². The van der Waals surface area contributed by atoms with E-state index in [-0.39, 0.29) is 0 Å². The first-order chi connectivity index (χ1) is 5.27. The molecular weight excluding hydrogens is 202 g/mol. The number of nitrogens with zero attached hydrogens (tertiary/aromatic N) is 1. The molecule has 1 heterocycles. The van der Waals surface area contributed by atoms with Crippen molar-refractivity contribution in [2.75, 3.05) is 13.6 Å². The van der Waals surface area contributed by atoms with Crippen molar-refractivity contribution in [2.24, 2.45) is 0 Å². The lowest BCUT2D eigenvalue weighted by Gasteiger charge is -1.97. The van der Waals surface area contributed by atoms with Crippen LogP contribution in [0.1, 0.15) is 11.6 Å². The third-order valence-electron chi connectivity index (χ3n) is 2.11. The molecule has 2 unspecified atom stereocenters. The van der Waals surface area contributed by atoms with Crippen LogP contribution < -0.4 is 0 Å². The van der Waals surface area contributed by atoms with Crippen molar-refractivity contribution in [3.05, 3.63) is 34.3 Å². The summed E-state index contributed by atoms with van der Waals surface area (Å²) in [6, 6.07) is 9.24. The summed E-state index contributed by atoms with van der Waals surface area (Å²) in [7, 11) is 2.15. The summed E-state index contributed by atoms with van der Waals surface area (Å²) in [5.74, 6) is 0. The van der Waals surface area contributed by atoms with Crippen LogP contribution in [0.4, 0.5) is 0 Å². The standard InChI is InChI=1S/C9H10BrN/c1-11-6-9(11)7-2-4-8(10)5-3-7/h2-5,9H,6H2,1H3. The van der Waals surface area contributed by atoms with E-state index < -0.39 is 0 Å². The second-order valence-electron chi connectivity index (χ2n) is 3.01. The number of hydrogen-bond donors (Lipinski definition) is 0. The molecule has 0 amide bonds. The molecule has 0 aromatic heterocycles. The van der Waals surface area contributed by atoms with E-state index in [2.05, 4.69) is 52.1 Å². The van der Waals surface area contributed by atoms with E-state index in [1.165, 1.54) is 12.1 Å². The zero-order valence-electron chi connectivity index (χ0n) is 6.42. The quantitative estimate of drug-likeness (QED) is 0.646. The van der Waals surface area contributed by atoms with E-state index in [1.54, 1.807) is 0 Å². The average Bonchev–Trinajstić information content (AvgIpc) is 2.69. The number of likely N-dealkylation sites (N-methyl/N-ethyl adjacent to an activating group) is 1. The normalized spacial score (nSPS) is 28.5. The summed E-state index contributed by atoms with van der Waals surface area (Å²) in [4.78, 5) is 2.32. The monoisotopic (exact) mass is 211 g/mol. The van der Waals surface area contributed by atoms with Crippen LogP contribution in [-0.4, -0.2) is 18.5 Å². The van der Waals surface area contributed by atoms with Crippen molar-refractivity contribution in [3.8, 4) is 0 Å². The maximum Gasteiger partial charge on any atom is 0.0473 e. The zero-order chi connectivity index (χ0) is 7.84. The molecule has 0 spiro atoms. The van der Waals surface area contributed by atoms with E-state index in [4.69, 9.17) is 0 Å². The highest BCUT2D eigenvalue weighted by atomic mass is 79.9. The third kappa shape index (κ3) is 1.47. The molecular formula is C9H10BrN. The molecule has 0 N–H and O–H groups in total. The van der Waals surface area contributed by atoms with Crippen molar-refractivity contribution in [1.82, 2.24) is 4.90 Å².